The molecular weight excluding hydrogens is 308 g/mol. The van der Waals surface area contributed by atoms with E-state index in [2.05, 4.69) is 10.3 Å². The van der Waals surface area contributed by atoms with Crippen molar-refractivity contribution < 1.29 is 19.1 Å². The summed E-state index contributed by atoms with van der Waals surface area (Å²) in [5.41, 5.74) is 0.320. The molecule has 24 heavy (non-hydrogen) atoms. The van der Waals surface area contributed by atoms with Crippen LogP contribution in [0, 0.1) is 0 Å². The minimum atomic E-state index is -0.935. The molecule has 6 heteroatoms. The molecule has 0 fully saturated rings. The number of rotatable bonds is 7. The summed E-state index contributed by atoms with van der Waals surface area (Å²) in [6.07, 6.45) is 2.04. The molecule has 1 N–H and O–H groups in total. The molecule has 0 spiro atoms. The predicted molar refractivity (Wildman–Crippen MR) is 88.7 cm³/mol. The highest BCUT2D eigenvalue weighted by atomic mass is 16.6. The minimum absolute atomic E-state index is 0.0478. The average molecular weight is 328 g/mol. The molecule has 6 nitrogen and oxygen atoms in total. The predicted octanol–water partition coefficient (Wildman–Crippen LogP) is 2.21. The van der Waals surface area contributed by atoms with Crippen LogP contribution in [0.1, 0.15) is 24.2 Å². The quantitative estimate of drug-likeness (QED) is 0.789. The molecule has 0 bridgehead atoms. The molecule has 1 atom stereocenters. The Morgan fingerprint density at radius 2 is 1.88 bits per heavy atom. The van der Waals surface area contributed by atoms with Crippen molar-refractivity contribution in [3.8, 4) is 5.75 Å². The standard InChI is InChI=1S/C18H20N2O4/c1-13(2)20-17(21)16(24-15-8-4-3-5-9-15)12-23-18(22)14-7-6-10-19-11-14/h3-11,13,16H,12H2,1-2H3,(H,20,21). The lowest BCUT2D eigenvalue weighted by Gasteiger charge is -2.20. The first-order valence-corrected chi connectivity index (χ1v) is 7.65. The summed E-state index contributed by atoms with van der Waals surface area (Å²) >= 11 is 0. The van der Waals surface area contributed by atoms with Gasteiger partial charge in [0.15, 0.2) is 0 Å². The molecule has 126 valence electrons. The molecule has 1 heterocycles. The Labute approximate surface area is 140 Å². The van der Waals surface area contributed by atoms with Gasteiger partial charge in [0.1, 0.15) is 12.4 Å². The number of carbonyl (C=O) groups excluding carboxylic acids is 2. The Hall–Kier alpha value is -2.89. The zero-order valence-electron chi connectivity index (χ0n) is 13.6. The molecule has 0 aliphatic heterocycles. The number of hydrogen-bond donors (Lipinski definition) is 1. The smallest absolute Gasteiger partial charge is 0.339 e. The van der Waals surface area contributed by atoms with Crippen LogP contribution in [0.4, 0.5) is 0 Å². The summed E-state index contributed by atoms with van der Waals surface area (Å²) < 4.78 is 10.9. The topological polar surface area (TPSA) is 77.5 Å². The molecule has 0 saturated carbocycles. The van der Waals surface area contributed by atoms with Gasteiger partial charge in [-0.15, -0.1) is 0 Å². The van der Waals surface area contributed by atoms with Crippen molar-refractivity contribution in [1.82, 2.24) is 10.3 Å². The Morgan fingerprint density at radius 1 is 1.12 bits per heavy atom. The maximum absolute atomic E-state index is 12.3. The van der Waals surface area contributed by atoms with Crippen LogP contribution in [0.15, 0.2) is 54.9 Å². The van der Waals surface area contributed by atoms with Gasteiger partial charge >= 0.3 is 5.97 Å². The Bertz CT molecular complexity index is 659. The maximum Gasteiger partial charge on any atom is 0.339 e. The lowest BCUT2D eigenvalue weighted by Crippen LogP contribution is -2.44. The van der Waals surface area contributed by atoms with E-state index < -0.39 is 12.1 Å². The summed E-state index contributed by atoms with van der Waals surface area (Å²) in [6, 6.07) is 12.1. The van der Waals surface area contributed by atoms with E-state index >= 15 is 0 Å². The molecule has 0 aliphatic carbocycles. The van der Waals surface area contributed by atoms with Gasteiger partial charge in [0.25, 0.3) is 5.91 Å². The fourth-order valence-electron chi connectivity index (χ4n) is 1.92. The van der Waals surface area contributed by atoms with E-state index in [1.54, 1.807) is 42.6 Å². The second-order valence-electron chi connectivity index (χ2n) is 5.42. The van der Waals surface area contributed by atoms with Crippen molar-refractivity contribution in [3.05, 3.63) is 60.4 Å². The Morgan fingerprint density at radius 3 is 2.50 bits per heavy atom. The van der Waals surface area contributed by atoms with Crippen molar-refractivity contribution in [3.63, 3.8) is 0 Å². The SMILES string of the molecule is CC(C)NC(=O)C(COC(=O)c1cccnc1)Oc1ccccc1. The first kappa shape index (κ1) is 17.5. The second-order valence-corrected chi connectivity index (χ2v) is 5.42. The number of pyridine rings is 1. The molecule has 2 rings (SSSR count). The summed E-state index contributed by atoms with van der Waals surface area (Å²) in [6.45, 7) is 3.50. The van der Waals surface area contributed by atoms with Crippen molar-refractivity contribution in [2.75, 3.05) is 6.61 Å². The van der Waals surface area contributed by atoms with Gasteiger partial charge in [-0.25, -0.2) is 4.79 Å². The lowest BCUT2D eigenvalue weighted by molar-refractivity contribution is -0.130. The molecular formula is C18H20N2O4. The van der Waals surface area contributed by atoms with Gasteiger partial charge in [-0.3, -0.25) is 9.78 Å². The van der Waals surface area contributed by atoms with Crippen molar-refractivity contribution >= 4 is 11.9 Å². The van der Waals surface area contributed by atoms with Crippen molar-refractivity contribution in [1.29, 1.82) is 0 Å². The van der Waals surface area contributed by atoms with E-state index in [-0.39, 0.29) is 18.6 Å². The molecule has 1 amide bonds. The molecule has 0 radical (unpaired) electrons. The third-order valence-corrected chi connectivity index (χ3v) is 3.01. The fraction of sp³-hybridized carbons (Fsp3) is 0.278. The zero-order valence-corrected chi connectivity index (χ0v) is 13.6. The summed E-state index contributed by atoms with van der Waals surface area (Å²) in [7, 11) is 0. The minimum Gasteiger partial charge on any atom is -0.477 e. The van der Waals surface area contributed by atoms with Crippen molar-refractivity contribution in [2.24, 2.45) is 0 Å². The number of nitrogens with one attached hydrogen (secondary N) is 1. The Kier molecular flexibility index (Phi) is 6.31. The van der Waals surface area contributed by atoms with Crippen LogP contribution in [-0.2, 0) is 9.53 Å². The van der Waals surface area contributed by atoms with Gasteiger partial charge < -0.3 is 14.8 Å². The highest BCUT2D eigenvalue weighted by molar-refractivity contribution is 5.89. The van der Waals surface area contributed by atoms with Gasteiger partial charge in [0.2, 0.25) is 6.10 Å². The molecule has 1 aromatic heterocycles. The van der Waals surface area contributed by atoms with Crippen LogP contribution < -0.4 is 10.1 Å². The highest BCUT2D eigenvalue weighted by Crippen LogP contribution is 2.12. The number of carbonyl (C=O) groups is 2. The molecule has 0 aliphatic rings. The first-order chi connectivity index (χ1) is 11.6. The van der Waals surface area contributed by atoms with Crippen LogP contribution in [-0.4, -0.2) is 35.6 Å². The van der Waals surface area contributed by atoms with E-state index in [0.717, 1.165) is 0 Å². The van der Waals surface area contributed by atoms with E-state index in [1.807, 2.05) is 19.9 Å². The Balaban J connectivity index is 2.02. The van der Waals surface area contributed by atoms with Crippen molar-refractivity contribution in [2.45, 2.75) is 26.0 Å². The molecule has 1 unspecified atom stereocenters. The second kappa shape index (κ2) is 8.67. The summed E-state index contributed by atoms with van der Waals surface area (Å²) in [5, 5.41) is 2.76. The van der Waals surface area contributed by atoms with Gasteiger partial charge in [0.05, 0.1) is 5.56 Å². The molecule has 2 aromatic rings. The number of ether oxygens (including phenoxy) is 2. The van der Waals surface area contributed by atoms with Gasteiger partial charge in [-0.2, -0.15) is 0 Å². The van der Waals surface area contributed by atoms with Crippen LogP contribution in [0.3, 0.4) is 0 Å². The van der Waals surface area contributed by atoms with E-state index in [1.165, 1.54) is 6.20 Å². The third kappa shape index (κ3) is 5.39. The lowest BCUT2D eigenvalue weighted by atomic mass is 10.2. The van der Waals surface area contributed by atoms with Gasteiger partial charge in [-0.1, -0.05) is 18.2 Å². The zero-order chi connectivity index (χ0) is 17.4. The number of esters is 1. The van der Waals surface area contributed by atoms with Crippen LogP contribution in [0.2, 0.25) is 0 Å². The monoisotopic (exact) mass is 328 g/mol. The highest BCUT2D eigenvalue weighted by Gasteiger charge is 2.23. The first-order valence-electron chi connectivity index (χ1n) is 7.65. The normalized spacial score (nSPS) is 11.6. The maximum atomic E-state index is 12.3. The third-order valence-electron chi connectivity index (χ3n) is 3.01. The number of benzene rings is 1. The van der Waals surface area contributed by atoms with Gasteiger partial charge in [-0.05, 0) is 38.1 Å². The van der Waals surface area contributed by atoms with Crippen LogP contribution in [0.5, 0.6) is 5.75 Å². The van der Waals surface area contributed by atoms with Crippen LogP contribution >= 0.6 is 0 Å². The largest absolute Gasteiger partial charge is 0.477 e. The molecule has 1 aromatic carbocycles. The average Bonchev–Trinajstić information content (AvgIpc) is 2.59. The molecule has 0 saturated heterocycles. The van der Waals surface area contributed by atoms with E-state index in [0.29, 0.717) is 11.3 Å². The van der Waals surface area contributed by atoms with Crippen LogP contribution in [0.25, 0.3) is 0 Å². The summed E-state index contributed by atoms with van der Waals surface area (Å²) in [5.74, 6) is -0.367. The summed E-state index contributed by atoms with van der Waals surface area (Å²) in [4.78, 5) is 28.1. The van der Waals surface area contributed by atoms with Gasteiger partial charge in [0, 0.05) is 18.4 Å². The van der Waals surface area contributed by atoms with E-state index in [4.69, 9.17) is 9.47 Å². The number of hydrogen-bond acceptors (Lipinski definition) is 5. The number of para-hydroxylation sites is 1. The number of aromatic nitrogens is 1. The number of nitrogens with zero attached hydrogens (tertiary/aromatic N) is 1. The fourth-order valence-corrected chi connectivity index (χ4v) is 1.92. The number of amides is 1. The van der Waals surface area contributed by atoms with E-state index in [9.17, 15) is 9.59 Å².